The zero-order chi connectivity index (χ0) is 22.8. The SMILES string of the molecule is CC(=O)[O-].CC(=O)[O-].OCCN(CCO)CCO.OCCN(CCO)CCO.[Zn+2]. The second-order valence-corrected chi connectivity index (χ2v) is 5.01. The Morgan fingerprint density at radius 1 is 0.552 bits per heavy atom. The fraction of sp³-hybridized carbons (Fsp3) is 0.875. The molecule has 0 unspecified atom stereocenters. The van der Waals surface area contributed by atoms with E-state index in [1.54, 1.807) is 9.80 Å². The minimum Gasteiger partial charge on any atom is -0.550 e. The van der Waals surface area contributed by atoms with Crippen LogP contribution in [0.1, 0.15) is 13.8 Å². The summed E-state index contributed by atoms with van der Waals surface area (Å²) in [6, 6.07) is 0. The van der Waals surface area contributed by atoms with Crippen LogP contribution in [0.15, 0.2) is 0 Å². The number of aliphatic hydroxyl groups is 6. The van der Waals surface area contributed by atoms with Crippen molar-refractivity contribution in [1.29, 1.82) is 0 Å². The molecule has 0 amide bonds. The molecule has 0 aromatic heterocycles. The molecular weight excluding hydrogens is 446 g/mol. The van der Waals surface area contributed by atoms with Crippen molar-refractivity contribution in [3.63, 3.8) is 0 Å². The molecule has 0 aliphatic heterocycles. The number of carbonyl (C=O) groups is 2. The van der Waals surface area contributed by atoms with E-state index in [-0.39, 0.29) is 59.1 Å². The molecule has 0 aromatic carbocycles. The molecule has 172 valence electrons. The number of carboxylic acids is 2. The number of hydrogen-bond donors (Lipinski definition) is 6. The minimum absolute atomic E-state index is 0. The summed E-state index contributed by atoms with van der Waals surface area (Å²) in [5, 5.41) is 68.7. The van der Waals surface area contributed by atoms with Crippen LogP contribution in [0.25, 0.3) is 0 Å². The van der Waals surface area contributed by atoms with E-state index in [0.29, 0.717) is 39.3 Å². The fourth-order valence-corrected chi connectivity index (χ4v) is 1.52. The Kier molecular flexibility index (Phi) is 46.5. The normalized spacial score (nSPS) is 9.17. The van der Waals surface area contributed by atoms with Crippen LogP contribution >= 0.6 is 0 Å². The van der Waals surface area contributed by atoms with Crippen LogP contribution in [0.3, 0.4) is 0 Å². The third-order valence-corrected chi connectivity index (χ3v) is 2.50. The number of aliphatic hydroxyl groups excluding tert-OH is 6. The Balaban J connectivity index is -0.0000000950. The summed E-state index contributed by atoms with van der Waals surface area (Å²) in [4.78, 5) is 21.4. The van der Waals surface area contributed by atoms with Crippen LogP contribution in [0.2, 0.25) is 0 Å². The summed E-state index contributed by atoms with van der Waals surface area (Å²) >= 11 is 0. The van der Waals surface area contributed by atoms with Crippen molar-refractivity contribution < 1.29 is 69.9 Å². The number of rotatable bonds is 12. The minimum atomic E-state index is -1.08. The monoisotopic (exact) mass is 480 g/mol. The molecule has 0 rings (SSSR count). The van der Waals surface area contributed by atoms with E-state index in [1.165, 1.54) is 0 Å². The molecule has 0 saturated carbocycles. The smallest absolute Gasteiger partial charge is 0.550 e. The van der Waals surface area contributed by atoms with Crippen LogP contribution in [0, 0.1) is 0 Å². The van der Waals surface area contributed by atoms with Crippen LogP contribution in [0.5, 0.6) is 0 Å². The van der Waals surface area contributed by atoms with Crippen LogP contribution < -0.4 is 10.2 Å². The number of carbonyl (C=O) groups excluding carboxylic acids is 2. The molecule has 6 N–H and O–H groups in total. The van der Waals surface area contributed by atoms with E-state index in [2.05, 4.69) is 0 Å². The molecule has 0 aliphatic carbocycles. The van der Waals surface area contributed by atoms with Gasteiger partial charge in [0.25, 0.3) is 0 Å². The molecule has 13 heteroatoms. The quantitative estimate of drug-likeness (QED) is 0.144. The predicted molar refractivity (Wildman–Crippen MR) is 96.8 cm³/mol. The molecule has 0 radical (unpaired) electrons. The first-order valence-corrected chi connectivity index (χ1v) is 8.61. The number of aliphatic carboxylic acids is 2. The number of hydrogen-bond acceptors (Lipinski definition) is 12. The summed E-state index contributed by atoms with van der Waals surface area (Å²) in [5.74, 6) is -2.17. The first-order chi connectivity index (χ1) is 13.2. The van der Waals surface area contributed by atoms with E-state index in [1.807, 2.05) is 0 Å². The van der Waals surface area contributed by atoms with Gasteiger partial charge in [0.05, 0.1) is 39.6 Å². The summed E-state index contributed by atoms with van der Waals surface area (Å²) in [5.41, 5.74) is 0. The van der Waals surface area contributed by atoms with Gasteiger partial charge in [-0.15, -0.1) is 0 Å². The van der Waals surface area contributed by atoms with Crippen molar-refractivity contribution in [2.45, 2.75) is 13.8 Å². The fourth-order valence-electron chi connectivity index (χ4n) is 1.52. The van der Waals surface area contributed by atoms with Gasteiger partial charge in [-0.3, -0.25) is 9.80 Å². The van der Waals surface area contributed by atoms with Gasteiger partial charge in [-0.25, -0.2) is 0 Å². The topological polar surface area (TPSA) is 208 Å². The third-order valence-electron chi connectivity index (χ3n) is 2.50. The van der Waals surface area contributed by atoms with Gasteiger partial charge in [0.15, 0.2) is 0 Å². The molecule has 0 atom stereocenters. The second-order valence-electron chi connectivity index (χ2n) is 5.01. The van der Waals surface area contributed by atoms with E-state index < -0.39 is 11.9 Å². The van der Waals surface area contributed by atoms with Crippen LogP contribution in [0.4, 0.5) is 0 Å². The van der Waals surface area contributed by atoms with Crippen LogP contribution in [-0.4, -0.2) is 131 Å². The van der Waals surface area contributed by atoms with E-state index in [9.17, 15) is 0 Å². The molecule has 29 heavy (non-hydrogen) atoms. The zero-order valence-corrected chi connectivity index (χ0v) is 20.4. The Bertz CT molecular complexity index is 262. The van der Waals surface area contributed by atoms with E-state index >= 15 is 0 Å². The molecule has 12 nitrogen and oxygen atoms in total. The molecule has 0 bridgehead atoms. The van der Waals surface area contributed by atoms with Crippen molar-refractivity contribution in [2.75, 3.05) is 78.9 Å². The summed E-state index contributed by atoms with van der Waals surface area (Å²) < 4.78 is 0. The van der Waals surface area contributed by atoms with Crippen molar-refractivity contribution >= 4 is 11.9 Å². The standard InChI is InChI=1S/2C6H15NO3.2C2H4O2.Zn/c2*8-4-1-7(2-5-9)3-6-10;2*1-2(3)4;/h2*8-10H,1-6H2;2*1H3,(H,3,4);/q;;;;+2/p-2. The average Bonchev–Trinajstić information content (AvgIpc) is 2.56. The summed E-state index contributed by atoms with van der Waals surface area (Å²) in [7, 11) is 0. The van der Waals surface area contributed by atoms with Gasteiger partial charge in [0, 0.05) is 51.2 Å². The van der Waals surface area contributed by atoms with Crippen molar-refractivity contribution in [3.8, 4) is 0 Å². The summed E-state index contributed by atoms with van der Waals surface area (Å²) in [6.45, 7) is 5.45. The summed E-state index contributed by atoms with van der Waals surface area (Å²) in [6.07, 6.45) is 0. The maximum atomic E-state index is 8.89. The molecule has 0 fully saturated rings. The Labute approximate surface area is 184 Å². The van der Waals surface area contributed by atoms with Gasteiger partial charge in [-0.2, -0.15) is 0 Å². The van der Waals surface area contributed by atoms with Gasteiger partial charge in [-0.1, -0.05) is 0 Å². The van der Waals surface area contributed by atoms with Gasteiger partial charge >= 0.3 is 19.5 Å². The zero-order valence-electron chi connectivity index (χ0n) is 17.4. The molecule has 0 spiro atoms. The Morgan fingerprint density at radius 2 is 0.655 bits per heavy atom. The molecule has 0 aromatic rings. The van der Waals surface area contributed by atoms with E-state index in [4.69, 9.17) is 50.4 Å². The first-order valence-electron chi connectivity index (χ1n) is 8.61. The second kappa shape index (κ2) is 34.7. The Hall–Kier alpha value is -0.757. The maximum Gasteiger partial charge on any atom is 2.00 e. The van der Waals surface area contributed by atoms with Gasteiger partial charge in [0.1, 0.15) is 0 Å². The van der Waals surface area contributed by atoms with Crippen LogP contribution in [-0.2, 0) is 29.1 Å². The number of carboxylic acid groups (broad SMARTS) is 2. The molecule has 0 heterocycles. The van der Waals surface area contributed by atoms with Gasteiger partial charge in [-0.05, 0) is 13.8 Å². The largest absolute Gasteiger partial charge is 2.00 e. The van der Waals surface area contributed by atoms with Gasteiger partial charge < -0.3 is 50.4 Å². The number of nitrogens with zero attached hydrogens (tertiary/aromatic N) is 2. The molecule has 0 aliphatic rings. The van der Waals surface area contributed by atoms with Crippen molar-refractivity contribution in [3.05, 3.63) is 0 Å². The Morgan fingerprint density at radius 3 is 0.724 bits per heavy atom. The van der Waals surface area contributed by atoms with Crippen molar-refractivity contribution in [1.82, 2.24) is 9.80 Å². The maximum absolute atomic E-state index is 8.89. The third kappa shape index (κ3) is 58.4. The van der Waals surface area contributed by atoms with Crippen molar-refractivity contribution in [2.24, 2.45) is 0 Å². The molecular formula is C16H36N2O10Zn. The first kappa shape index (κ1) is 38.8. The van der Waals surface area contributed by atoms with Gasteiger partial charge in [0.2, 0.25) is 0 Å². The average molecular weight is 482 g/mol. The molecule has 0 saturated heterocycles. The predicted octanol–water partition coefficient (Wildman–Crippen LogP) is -5.96. The van der Waals surface area contributed by atoms with E-state index in [0.717, 1.165) is 13.8 Å².